The quantitative estimate of drug-likeness (QED) is 0.737. The van der Waals surface area contributed by atoms with Gasteiger partial charge in [0.2, 0.25) is 0 Å². The first-order chi connectivity index (χ1) is 11.6. The molecule has 1 fully saturated rings. The molecule has 1 saturated heterocycles. The lowest BCUT2D eigenvalue weighted by Crippen LogP contribution is -2.38. The van der Waals surface area contributed by atoms with Crippen LogP contribution in [0.5, 0.6) is 0 Å². The normalized spacial score (nSPS) is 17.8. The highest BCUT2D eigenvalue weighted by atomic mass is 16.2. The first-order valence-corrected chi connectivity index (χ1v) is 8.24. The third kappa shape index (κ3) is 2.46. The number of aryl methyl sites for hydroxylation is 2. The van der Waals surface area contributed by atoms with Gasteiger partial charge >= 0.3 is 0 Å². The van der Waals surface area contributed by atoms with E-state index in [0.29, 0.717) is 11.2 Å². The summed E-state index contributed by atoms with van der Waals surface area (Å²) in [6, 6.07) is 4.03. The van der Waals surface area contributed by atoms with E-state index in [9.17, 15) is 4.79 Å². The molecular weight excluding hydrogens is 304 g/mol. The van der Waals surface area contributed by atoms with Gasteiger partial charge in [-0.25, -0.2) is 9.50 Å². The number of likely N-dealkylation sites (tertiary alicyclic amines) is 1. The maximum atomic E-state index is 13.0. The lowest BCUT2D eigenvalue weighted by molar-refractivity contribution is 0.0723. The highest BCUT2D eigenvalue weighted by Gasteiger charge is 2.31. The second-order valence-electron chi connectivity index (χ2n) is 6.35. The second-order valence-corrected chi connectivity index (χ2v) is 6.35. The minimum Gasteiger partial charge on any atom is -0.334 e. The summed E-state index contributed by atoms with van der Waals surface area (Å²) >= 11 is 0. The number of carbonyl (C=O) groups is 1. The summed E-state index contributed by atoms with van der Waals surface area (Å²) in [6.07, 6.45) is 7.12. The van der Waals surface area contributed by atoms with Gasteiger partial charge in [-0.15, -0.1) is 0 Å². The monoisotopic (exact) mass is 324 g/mol. The number of hydrogen-bond acceptors (Lipinski definition) is 4. The zero-order valence-electron chi connectivity index (χ0n) is 13.9. The van der Waals surface area contributed by atoms with Gasteiger partial charge in [-0.2, -0.15) is 10.2 Å². The molecule has 1 amide bonds. The van der Waals surface area contributed by atoms with Crippen molar-refractivity contribution in [2.24, 2.45) is 0 Å². The Bertz CT molecular complexity index is 896. The first-order valence-electron chi connectivity index (χ1n) is 8.24. The Balaban J connectivity index is 1.60. The number of fused-ring (bicyclic) bond motifs is 1. The molecule has 0 radical (unpaired) electrons. The van der Waals surface area contributed by atoms with Gasteiger partial charge < -0.3 is 4.90 Å². The average Bonchev–Trinajstić information content (AvgIpc) is 3.26. The fourth-order valence-corrected chi connectivity index (χ4v) is 3.49. The van der Waals surface area contributed by atoms with Crippen LogP contribution in [0.1, 0.15) is 34.6 Å². The molecule has 0 saturated carbocycles. The summed E-state index contributed by atoms with van der Waals surface area (Å²) < 4.78 is 3.64. The lowest BCUT2D eigenvalue weighted by Gasteiger charge is -2.24. The van der Waals surface area contributed by atoms with Gasteiger partial charge in [-0.1, -0.05) is 0 Å². The van der Waals surface area contributed by atoms with E-state index in [1.807, 2.05) is 16.5 Å². The zero-order valence-corrected chi connectivity index (χ0v) is 13.9. The van der Waals surface area contributed by atoms with Crippen LogP contribution in [-0.2, 0) is 6.54 Å². The van der Waals surface area contributed by atoms with Crippen LogP contribution < -0.4 is 0 Å². The maximum absolute atomic E-state index is 13.0. The molecule has 7 nitrogen and oxygen atoms in total. The van der Waals surface area contributed by atoms with Crippen LogP contribution in [-0.4, -0.2) is 47.8 Å². The van der Waals surface area contributed by atoms with Gasteiger partial charge in [-0.3, -0.25) is 9.48 Å². The molecule has 3 aromatic rings. The molecule has 0 bridgehead atoms. The molecule has 4 rings (SSSR count). The van der Waals surface area contributed by atoms with Crippen LogP contribution in [0.4, 0.5) is 0 Å². The summed E-state index contributed by atoms with van der Waals surface area (Å²) in [7, 11) is 0. The van der Waals surface area contributed by atoms with Crippen molar-refractivity contribution in [3.05, 3.63) is 47.7 Å². The third-order valence-electron chi connectivity index (χ3n) is 4.63. The average molecular weight is 324 g/mol. The number of amides is 1. The molecule has 0 unspecified atom stereocenters. The molecule has 1 aliphatic heterocycles. The Kier molecular flexibility index (Phi) is 3.55. The Morgan fingerprint density at radius 3 is 3.04 bits per heavy atom. The molecule has 4 heterocycles. The second kappa shape index (κ2) is 5.74. The van der Waals surface area contributed by atoms with Gasteiger partial charge in [0.15, 0.2) is 5.65 Å². The molecule has 1 aliphatic rings. The summed E-state index contributed by atoms with van der Waals surface area (Å²) in [6.45, 7) is 5.55. The van der Waals surface area contributed by atoms with Gasteiger partial charge in [0.1, 0.15) is 5.56 Å². The van der Waals surface area contributed by atoms with Crippen LogP contribution in [0.2, 0.25) is 0 Å². The van der Waals surface area contributed by atoms with E-state index in [-0.39, 0.29) is 11.9 Å². The molecule has 0 aromatic carbocycles. The van der Waals surface area contributed by atoms with E-state index in [2.05, 4.69) is 28.2 Å². The van der Waals surface area contributed by atoms with E-state index in [1.165, 1.54) is 0 Å². The van der Waals surface area contributed by atoms with Gasteiger partial charge in [-0.05, 0) is 38.8 Å². The predicted octanol–water partition coefficient (Wildman–Crippen LogP) is 1.85. The zero-order chi connectivity index (χ0) is 16.7. The molecule has 0 aliphatic carbocycles. The van der Waals surface area contributed by atoms with Crippen molar-refractivity contribution in [2.75, 3.05) is 6.54 Å². The Morgan fingerprint density at radius 2 is 2.25 bits per heavy atom. The van der Waals surface area contributed by atoms with Crippen LogP contribution >= 0.6 is 0 Å². The molecule has 0 spiro atoms. The Morgan fingerprint density at radius 1 is 1.38 bits per heavy atom. The highest BCUT2D eigenvalue weighted by molar-refractivity contribution is 5.99. The largest absolute Gasteiger partial charge is 0.334 e. The summed E-state index contributed by atoms with van der Waals surface area (Å²) in [5.41, 5.74) is 3.31. The van der Waals surface area contributed by atoms with Gasteiger partial charge in [0.25, 0.3) is 5.91 Å². The van der Waals surface area contributed by atoms with Crippen molar-refractivity contribution in [1.82, 2.24) is 29.3 Å². The fourth-order valence-electron chi connectivity index (χ4n) is 3.49. The van der Waals surface area contributed by atoms with Crippen molar-refractivity contribution < 1.29 is 4.79 Å². The number of hydrogen-bond donors (Lipinski definition) is 0. The van der Waals surface area contributed by atoms with Crippen molar-refractivity contribution in [3.8, 4) is 0 Å². The maximum Gasteiger partial charge on any atom is 0.259 e. The topological polar surface area (TPSA) is 68.3 Å². The van der Waals surface area contributed by atoms with Crippen LogP contribution in [0, 0.1) is 13.8 Å². The van der Waals surface area contributed by atoms with Crippen molar-refractivity contribution in [1.29, 1.82) is 0 Å². The summed E-state index contributed by atoms with van der Waals surface area (Å²) in [5.74, 6) is 0.00716. The van der Waals surface area contributed by atoms with Gasteiger partial charge in [0, 0.05) is 24.6 Å². The van der Waals surface area contributed by atoms with Crippen LogP contribution in [0.25, 0.3) is 5.65 Å². The standard InChI is InChI=1S/C17H20N6O/c1-12-9-13(2)23(20-12)11-14-5-3-7-21(14)17(24)15-10-19-22-8-4-6-18-16(15)22/h4,6,8-10,14H,3,5,7,11H2,1-2H3/t14-/m1/s1. The van der Waals surface area contributed by atoms with Crippen LogP contribution in [0.15, 0.2) is 30.7 Å². The predicted molar refractivity (Wildman–Crippen MR) is 88.7 cm³/mol. The Hall–Kier alpha value is -2.70. The third-order valence-corrected chi connectivity index (χ3v) is 4.63. The molecule has 24 heavy (non-hydrogen) atoms. The number of rotatable bonds is 3. The molecule has 7 heteroatoms. The molecule has 3 aromatic heterocycles. The molecule has 1 atom stereocenters. The van der Waals surface area contributed by atoms with Crippen molar-refractivity contribution in [3.63, 3.8) is 0 Å². The van der Waals surface area contributed by atoms with Crippen molar-refractivity contribution in [2.45, 2.75) is 39.3 Å². The summed E-state index contributed by atoms with van der Waals surface area (Å²) in [5, 5.41) is 8.76. The molecular formula is C17H20N6O. The number of aromatic nitrogens is 5. The number of carbonyl (C=O) groups excluding carboxylic acids is 1. The minimum absolute atomic E-state index is 0.00716. The first kappa shape index (κ1) is 14.9. The molecule has 124 valence electrons. The Labute approximate surface area is 139 Å². The number of nitrogens with zero attached hydrogens (tertiary/aromatic N) is 6. The molecule has 0 N–H and O–H groups in total. The lowest BCUT2D eigenvalue weighted by atomic mass is 10.2. The smallest absolute Gasteiger partial charge is 0.259 e. The van der Waals surface area contributed by atoms with E-state index in [4.69, 9.17) is 0 Å². The van der Waals surface area contributed by atoms with E-state index in [1.54, 1.807) is 29.2 Å². The van der Waals surface area contributed by atoms with E-state index in [0.717, 1.165) is 37.3 Å². The highest BCUT2D eigenvalue weighted by Crippen LogP contribution is 2.23. The van der Waals surface area contributed by atoms with E-state index < -0.39 is 0 Å². The summed E-state index contributed by atoms with van der Waals surface area (Å²) in [4.78, 5) is 19.3. The fraction of sp³-hybridized carbons (Fsp3) is 0.412. The van der Waals surface area contributed by atoms with Crippen molar-refractivity contribution >= 4 is 11.6 Å². The SMILES string of the molecule is Cc1cc(C)n(C[C@H]2CCCN2C(=O)c2cnn3cccnc23)n1. The minimum atomic E-state index is 0.00716. The van der Waals surface area contributed by atoms with E-state index >= 15 is 0 Å². The van der Waals surface area contributed by atoms with Crippen LogP contribution in [0.3, 0.4) is 0 Å². The van der Waals surface area contributed by atoms with Gasteiger partial charge in [0.05, 0.1) is 24.5 Å².